The number of carbonyl (C=O) groups excluding carboxylic acids is 1. The summed E-state index contributed by atoms with van der Waals surface area (Å²) in [4.78, 5) is 9.43. The first-order valence-corrected chi connectivity index (χ1v) is 1.67. The molecule has 0 aliphatic carbocycles. The van der Waals surface area contributed by atoms with Crippen LogP contribution in [-0.2, 0) is 4.79 Å². The molecular formula is C4H5NaO3. The van der Waals surface area contributed by atoms with Gasteiger partial charge in [-0.25, -0.2) is 6.08 Å². The van der Waals surface area contributed by atoms with Gasteiger partial charge in [0.15, 0.2) is 0 Å². The van der Waals surface area contributed by atoms with Crippen LogP contribution in [0.2, 0.25) is 0 Å². The summed E-state index contributed by atoms with van der Waals surface area (Å²) in [7, 11) is 0. The summed E-state index contributed by atoms with van der Waals surface area (Å²) in [6.45, 7) is -0.426. The average Bonchev–Trinajstić information content (AvgIpc) is 1.68. The Hall–Kier alpha value is 0.170. The van der Waals surface area contributed by atoms with Gasteiger partial charge in [0, 0.05) is 6.29 Å². The topological polar surface area (TPSA) is 57.5 Å². The zero-order valence-electron chi connectivity index (χ0n) is 4.59. The molecule has 0 unspecified atom stereocenters. The molecule has 0 aromatic carbocycles. The third kappa shape index (κ3) is 6.17. The average molecular weight is 124 g/mol. The Kier molecular flexibility index (Phi) is 9.89. The second kappa shape index (κ2) is 7.17. The van der Waals surface area contributed by atoms with Crippen LogP contribution in [0.15, 0.2) is 5.76 Å². The number of aldehydes is 1. The third-order valence-electron chi connectivity index (χ3n) is 0.372. The summed E-state index contributed by atoms with van der Waals surface area (Å²) in [5, 5.41) is 16.1. The Morgan fingerprint density at radius 2 is 2.25 bits per heavy atom. The molecule has 4 heteroatoms. The van der Waals surface area contributed by atoms with E-state index in [1.165, 1.54) is 0 Å². The van der Waals surface area contributed by atoms with Gasteiger partial charge in [-0.15, -0.1) is 0 Å². The van der Waals surface area contributed by atoms with Crippen molar-refractivity contribution in [3.05, 3.63) is 11.8 Å². The Morgan fingerprint density at radius 3 is 2.38 bits per heavy atom. The van der Waals surface area contributed by atoms with E-state index in [1.807, 2.05) is 6.08 Å². The van der Waals surface area contributed by atoms with E-state index >= 15 is 0 Å². The molecule has 2 N–H and O–H groups in total. The minimum absolute atomic E-state index is 0. The SMILES string of the molecule is O=CC(O)=[C-]CO.[Na+]. The van der Waals surface area contributed by atoms with Gasteiger partial charge in [0.05, 0.1) is 0 Å². The molecule has 0 aliphatic heterocycles. The number of rotatable bonds is 2. The number of hydrogen-bond acceptors (Lipinski definition) is 3. The van der Waals surface area contributed by atoms with Crippen LogP contribution in [0, 0.1) is 6.08 Å². The van der Waals surface area contributed by atoms with Gasteiger partial charge in [-0.05, 0) is 12.4 Å². The van der Waals surface area contributed by atoms with Crippen LogP contribution in [0.5, 0.6) is 0 Å². The molecule has 0 radical (unpaired) electrons. The Balaban J connectivity index is 0. The summed E-state index contributed by atoms with van der Waals surface area (Å²) in [6, 6.07) is 0. The maximum Gasteiger partial charge on any atom is 1.00 e. The van der Waals surface area contributed by atoms with Crippen LogP contribution in [0.1, 0.15) is 0 Å². The molecule has 0 rings (SSSR count). The number of aliphatic hydroxyl groups excluding tert-OH is 2. The van der Waals surface area contributed by atoms with E-state index in [1.54, 1.807) is 0 Å². The maximum atomic E-state index is 9.43. The summed E-state index contributed by atoms with van der Waals surface area (Å²) >= 11 is 0. The fraction of sp³-hybridized carbons (Fsp3) is 0.250. The van der Waals surface area contributed by atoms with Gasteiger partial charge < -0.3 is 15.0 Å². The zero-order valence-corrected chi connectivity index (χ0v) is 6.59. The van der Waals surface area contributed by atoms with Crippen LogP contribution < -0.4 is 29.6 Å². The number of hydrogen-bond donors (Lipinski definition) is 2. The van der Waals surface area contributed by atoms with Crippen molar-refractivity contribution in [3.63, 3.8) is 0 Å². The summed E-state index contributed by atoms with van der Waals surface area (Å²) in [5.74, 6) is -0.553. The largest absolute Gasteiger partial charge is 1.00 e. The van der Waals surface area contributed by atoms with E-state index in [4.69, 9.17) is 10.2 Å². The molecule has 0 aromatic heterocycles. The van der Waals surface area contributed by atoms with Crippen molar-refractivity contribution in [2.45, 2.75) is 0 Å². The van der Waals surface area contributed by atoms with Gasteiger partial charge in [-0.1, -0.05) is 0 Å². The summed E-state index contributed by atoms with van der Waals surface area (Å²) in [6.07, 6.45) is 2.16. The maximum absolute atomic E-state index is 9.43. The monoisotopic (exact) mass is 124 g/mol. The standard InChI is InChI=1S/C4H5O3.Na/c5-2-1-4(7)3-6;/h3,5,7H,2H2;/q-1;+1. The fourth-order valence-corrected chi connectivity index (χ4v) is 0.123. The van der Waals surface area contributed by atoms with Crippen LogP contribution in [0.4, 0.5) is 0 Å². The quantitative estimate of drug-likeness (QED) is 0.132. The first kappa shape index (κ1) is 11.0. The molecule has 3 nitrogen and oxygen atoms in total. The van der Waals surface area contributed by atoms with E-state index in [0.29, 0.717) is 0 Å². The van der Waals surface area contributed by atoms with Crippen LogP contribution >= 0.6 is 0 Å². The molecule has 0 heterocycles. The minimum atomic E-state index is -0.553. The van der Waals surface area contributed by atoms with E-state index in [2.05, 4.69) is 0 Å². The van der Waals surface area contributed by atoms with E-state index in [9.17, 15) is 4.79 Å². The Morgan fingerprint density at radius 1 is 1.75 bits per heavy atom. The van der Waals surface area contributed by atoms with Crippen LogP contribution in [-0.4, -0.2) is 23.1 Å². The molecule has 40 valence electrons. The molecule has 0 saturated carbocycles. The van der Waals surface area contributed by atoms with E-state index in [-0.39, 0.29) is 35.8 Å². The van der Waals surface area contributed by atoms with Crippen molar-refractivity contribution in [1.29, 1.82) is 0 Å². The van der Waals surface area contributed by atoms with Crippen molar-refractivity contribution < 1.29 is 44.6 Å². The molecule has 0 spiro atoms. The van der Waals surface area contributed by atoms with E-state index < -0.39 is 12.4 Å². The van der Waals surface area contributed by atoms with Gasteiger partial charge in [-0.3, -0.25) is 0 Å². The molecule has 0 atom stereocenters. The Bertz CT molecular complexity index is 89.3. The van der Waals surface area contributed by atoms with Crippen LogP contribution in [0.3, 0.4) is 0 Å². The smallest absolute Gasteiger partial charge is 0.543 e. The molecule has 0 aliphatic rings. The van der Waals surface area contributed by atoms with Crippen molar-refractivity contribution in [2.75, 3.05) is 6.61 Å². The summed E-state index contributed by atoms with van der Waals surface area (Å²) in [5.41, 5.74) is 0. The number of aliphatic hydroxyl groups is 2. The van der Waals surface area contributed by atoms with Crippen LogP contribution in [0.25, 0.3) is 0 Å². The summed E-state index contributed by atoms with van der Waals surface area (Å²) < 4.78 is 0. The van der Waals surface area contributed by atoms with E-state index in [0.717, 1.165) is 0 Å². The predicted molar refractivity (Wildman–Crippen MR) is 22.5 cm³/mol. The first-order valence-electron chi connectivity index (χ1n) is 1.67. The van der Waals surface area contributed by atoms with Crippen molar-refractivity contribution in [3.8, 4) is 0 Å². The second-order valence-electron chi connectivity index (χ2n) is 0.838. The van der Waals surface area contributed by atoms with Crippen molar-refractivity contribution >= 4 is 6.29 Å². The van der Waals surface area contributed by atoms with Gasteiger partial charge in [0.1, 0.15) is 0 Å². The molecule has 0 amide bonds. The molecule has 0 bridgehead atoms. The molecule has 0 fully saturated rings. The third-order valence-corrected chi connectivity index (χ3v) is 0.372. The van der Waals surface area contributed by atoms with Crippen molar-refractivity contribution in [2.24, 2.45) is 0 Å². The van der Waals surface area contributed by atoms with Gasteiger partial charge in [0.2, 0.25) is 0 Å². The predicted octanol–water partition coefficient (Wildman–Crippen LogP) is -3.57. The molecule has 0 saturated heterocycles. The van der Waals surface area contributed by atoms with Gasteiger partial charge in [0.25, 0.3) is 0 Å². The molecule has 8 heavy (non-hydrogen) atoms. The van der Waals surface area contributed by atoms with Gasteiger partial charge in [-0.2, -0.15) is 0 Å². The first-order chi connectivity index (χ1) is 3.31. The second-order valence-corrected chi connectivity index (χ2v) is 0.838. The molecule has 0 aromatic rings. The fourth-order valence-electron chi connectivity index (χ4n) is 0.123. The van der Waals surface area contributed by atoms with Crippen molar-refractivity contribution in [1.82, 2.24) is 0 Å². The molecular weight excluding hydrogens is 119 g/mol. The minimum Gasteiger partial charge on any atom is -0.543 e. The zero-order chi connectivity index (χ0) is 5.70. The number of allylic oxidation sites excluding steroid dienone is 1. The Labute approximate surface area is 69.3 Å². The van der Waals surface area contributed by atoms with Gasteiger partial charge >= 0.3 is 29.6 Å². The number of carbonyl (C=O) groups is 1. The normalized spacial score (nSPS) is 9.88.